The third kappa shape index (κ3) is 3.00. The van der Waals surface area contributed by atoms with Gasteiger partial charge in [-0.2, -0.15) is 0 Å². The third-order valence-corrected chi connectivity index (χ3v) is 4.38. The standard InChI is InChI=1S/C16H24N2O4/c1-4-7-16(15(20)21)8-6-9-18(10-16)14(19)13-11(3)17-12(5-2)22-13/h4-10H2,1-3H3,(H,20,21)/t16-/m1/s1. The number of nitrogens with zero attached hydrogens (tertiary/aromatic N) is 2. The van der Waals surface area contributed by atoms with Crippen LogP contribution >= 0.6 is 0 Å². The lowest BCUT2D eigenvalue weighted by atomic mass is 9.76. The first-order chi connectivity index (χ1) is 10.4. The molecular formula is C16H24N2O4. The van der Waals surface area contributed by atoms with Gasteiger partial charge in [0.15, 0.2) is 5.89 Å². The first-order valence-corrected chi connectivity index (χ1v) is 7.92. The van der Waals surface area contributed by atoms with Crippen LogP contribution in [0.25, 0.3) is 0 Å². The van der Waals surface area contributed by atoms with Crippen molar-refractivity contribution in [2.24, 2.45) is 5.41 Å². The fourth-order valence-corrected chi connectivity index (χ4v) is 3.21. The van der Waals surface area contributed by atoms with Crippen LogP contribution in [0.2, 0.25) is 0 Å². The minimum Gasteiger partial charge on any atom is -0.481 e. The van der Waals surface area contributed by atoms with Crippen molar-refractivity contribution in [3.05, 3.63) is 17.3 Å². The van der Waals surface area contributed by atoms with Gasteiger partial charge in [-0.15, -0.1) is 0 Å². The molecule has 0 saturated carbocycles. The molecule has 1 aliphatic heterocycles. The Morgan fingerprint density at radius 1 is 1.41 bits per heavy atom. The van der Waals surface area contributed by atoms with Crippen molar-refractivity contribution in [2.75, 3.05) is 13.1 Å². The molecule has 0 radical (unpaired) electrons. The van der Waals surface area contributed by atoms with Crippen LogP contribution in [0.3, 0.4) is 0 Å². The maximum Gasteiger partial charge on any atom is 0.311 e. The molecule has 0 aliphatic carbocycles. The van der Waals surface area contributed by atoms with E-state index in [9.17, 15) is 14.7 Å². The van der Waals surface area contributed by atoms with Crippen molar-refractivity contribution in [2.45, 2.75) is 52.9 Å². The summed E-state index contributed by atoms with van der Waals surface area (Å²) in [5.41, 5.74) is -0.256. The lowest BCUT2D eigenvalue weighted by molar-refractivity contribution is -0.152. The van der Waals surface area contributed by atoms with E-state index < -0.39 is 11.4 Å². The second-order valence-corrected chi connectivity index (χ2v) is 6.04. The van der Waals surface area contributed by atoms with E-state index in [-0.39, 0.29) is 18.2 Å². The van der Waals surface area contributed by atoms with Crippen LogP contribution in [0, 0.1) is 12.3 Å². The zero-order valence-electron chi connectivity index (χ0n) is 13.5. The smallest absolute Gasteiger partial charge is 0.311 e. The maximum atomic E-state index is 12.7. The lowest BCUT2D eigenvalue weighted by Crippen LogP contribution is -2.50. The molecule has 0 spiro atoms. The summed E-state index contributed by atoms with van der Waals surface area (Å²) in [6.45, 7) is 6.45. The number of carboxylic acid groups (broad SMARTS) is 1. The van der Waals surface area contributed by atoms with E-state index in [1.54, 1.807) is 11.8 Å². The highest BCUT2D eigenvalue weighted by Crippen LogP contribution is 2.35. The van der Waals surface area contributed by atoms with Crippen molar-refractivity contribution in [1.82, 2.24) is 9.88 Å². The second-order valence-electron chi connectivity index (χ2n) is 6.04. The summed E-state index contributed by atoms with van der Waals surface area (Å²) < 4.78 is 5.52. The van der Waals surface area contributed by atoms with Gasteiger partial charge in [-0.05, 0) is 26.2 Å². The zero-order chi connectivity index (χ0) is 16.3. The number of carboxylic acids is 1. The van der Waals surface area contributed by atoms with Crippen molar-refractivity contribution < 1.29 is 19.1 Å². The molecule has 1 atom stereocenters. The Bertz CT molecular complexity index is 562. The average Bonchev–Trinajstić information content (AvgIpc) is 2.88. The minimum atomic E-state index is -0.829. The lowest BCUT2D eigenvalue weighted by Gasteiger charge is -2.39. The quantitative estimate of drug-likeness (QED) is 0.904. The van der Waals surface area contributed by atoms with Crippen LogP contribution in [0.4, 0.5) is 0 Å². The molecular weight excluding hydrogens is 284 g/mol. The highest BCUT2D eigenvalue weighted by molar-refractivity contribution is 5.93. The van der Waals surface area contributed by atoms with Gasteiger partial charge in [-0.1, -0.05) is 20.3 Å². The average molecular weight is 308 g/mol. The number of aryl methyl sites for hydroxylation is 2. The molecule has 2 rings (SSSR count). The van der Waals surface area contributed by atoms with Crippen molar-refractivity contribution in [1.29, 1.82) is 0 Å². The molecule has 1 aliphatic rings. The van der Waals surface area contributed by atoms with E-state index in [4.69, 9.17) is 4.42 Å². The summed E-state index contributed by atoms with van der Waals surface area (Å²) in [6, 6.07) is 0. The number of rotatable bonds is 5. The summed E-state index contributed by atoms with van der Waals surface area (Å²) >= 11 is 0. The Morgan fingerprint density at radius 2 is 2.14 bits per heavy atom. The number of hydrogen-bond donors (Lipinski definition) is 1. The number of aromatic nitrogens is 1. The molecule has 6 heteroatoms. The van der Waals surface area contributed by atoms with Gasteiger partial charge in [0.2, 0.25) is 5.76 Å². The first kappa shape index (κ1) is 16.5. The number of likely N-dealkylation sites (tertiary alicyclic amines) is 1. The van der Waals surface area contributed by atoms with Crippen molar-refractivity contribution in [3.8, 4) is 0 Å². The summed E-state index contributed by atoms with van der Waals surface area (Å²) in [5, 5.41) is 9.61. The molecule has 0 bridgehead atoms. The van der Waals surface area contributed by atoms with Crippen LogP contribution in [0.15, 0.2) is 4.42 Å². The Morgan fingerprint density at radius 3 is 2.68 bits per heavy atom. The van der Waals surface area contributed by atoms with Crippen LogP contribution in [-0.4, -0.2) is 40.0 Å². The van der Waals surface area contributed by atoms with Gasteiger partial charge in [-0.25, -0.2) is 4.98 Å². The Balaban J connectivity index is 2.22. The fourth-order valence-electron chi connectivity index (χ4n) is 3.21. The zero-order valence-corrected chi connectivity index (χ0v) is 13.5. The van der Waals surface area contributed by atoms with Gasteiger partial charge in [0.1, 0.15) is 0 Å². The van der Waals surface area contributed by atoms with Crippen LogP contribution < -0.4 is 0 Å². The topological polar surface area (TPSA) is 83.6 Å². The number of piperidine rings is 1. The summed E-state index contributed by atoms with van der Waals surface area (Å²) in [5.74, 6) is -0.271. The van der Waals surface area contributed by atoms with Gasteiger partial charge in [-0.3, -0.25) is 9.59 Å². The van der Waals surface area contributed by atoms with Gasteiger partial charge in [0.25, 0.3) is 5.91 Å². The highest BCUT2D eigenvalue weighted by Gasteiger charge is 2.43. The predicted molar refractivity (Wildman–Crippen MR) is 80.7 cm³/mol. The molecule has 0 aromatic carbocycles. The molecule has 1 N–H and O–H groups in total. The molecule has 22 heavy (non-hydrogen) atoms. The summed E-state index contributed by atoms with van der Waals surface area (Å²) in [6.07, 6.45) is 3.32. The number of aliphatic carboxylic acids is 1. The van der Waals surface area contributed by atoms with E-state index in [1.165, 1.54) is 0 Å². The Labute approximate surface area is 130 Å². The van der Waals surface area contributed by atoms with Crippen molar-refractivity contribution in [3.63, 3.8) is 0 Å². The van der Waals surface area contributed by atoms with Crippen LogP contribution in [0.5, 0.6) is 0 Å². The van der Waals surface area contributed by atoms with Crippen LogP contribution in [0.1, 0.15) is 61.7 Å². The summed E-state index contributed by atoms with van der Waals surface area (Å²) in [4.78, 5) is 30.2. The Hall–Kier alpha value is -1.85. The van der Waals surface area contributed by atoms with Gasteiger partial charge >= 0.3 is 5.97 Å². The maximum absolute atomic E-state index is 12.7. The van der Waals surface area contributed by atoms with E-state index in [2.05, 4.69) is 4.98 Å². The van der Waals surface area contributed by atoms with E-state index >= 15 is 0 Å². The molecule has 2 heterocycles. The van der Waals surface area contributed by atoms with E-state index in [1.807, 2.05) is 13.8 Å². The van der Waals surface area contributed by atoms with Gasteiger partial charge in [0.05, 0.1) is 11.1 Å². The molecule has 1 aromatic heterocycles. The molecule has 1 amide bonds. The molecule has 1 aromatic rings. The summed E-state index contributed by atoms with van der Waals surface area (Å²) in [7, 11) is 0. The predicted octanol–water partition coefficient (Wildman–Crippen LogP) is 2.65. The van der Waals surface area contributed by atoms with Gasteiger partial charge < -0.3 is 14.4 Å². The SMILES string of the molecule is CCC[C@@]1(C(=O)O)CCCN(C(=O)c2oc(CC)nc2C)C1. The Kier molecular flexibility index (Phi) is 4.88. The number of amides is 1. The van der Waals surface area contributed by atoms with Crippen LogP contribution in [-0.2, 0) is 11.2 Å². The monoisotopic (exact) mass is 308 g/mol. The third-order valence-electron chi connectivity index (χ3n) is 4.38. The minimum absolute atomic E-state index is 0.244. The molecule has 1 saturated heterocycles. The normalized spacial score (nSPS) is 21.9. The van der Waals surface area contributed by atoms with E-state index in [0.717, 1.165) is 6.42 Å². The second kappa shape index (κ2) is 6.50. The first-order valence-electron chi connectivity index (χ1n) is 7.92. The molecule has 6 nitrogen and oxygen atoms in total. The molecule has 122 valence electrons. The number of carbonyl (C=O) groups excluding carboxylic acids is 1. The fraction of sp³-hybridized carbons (Fsp3) is 0.688. The van der Waals surface area contributed by atoms with E-state index in [0.29, 0.717) is 43.8 Å². The highest BCUT2D eigenvalue weighted by atomic mass is 16.4. The number of carbonyl (C=O) groups is 2. The number of hydrogen-bond acceptors (Lipinski definition) is 4. The molecule has 1 fully saturated rings. The largest absolute Gasteiger partial charge is 0.481 e. The molecule has 0 unspecified atom stereocenters. The number of oxazole rings is 1. The van der Waals surface area contributed by atoms with Crippen molar-refractivity contribution >= 4 is 11.9 Å². The van der Waals surface area contributed by atoms with Gasteiger partial charge in [0, 0.05) is 19.5 Å².